The lowest BCUT2D eigenvalue weighted by molar-refractivity contribution is 0.618. The fourth-order valence-electron chi connectivity index (χ4n) is 1.76. The molecule has 0 spiro atoms. The smallest absolute Gasteiger partial charge is 0.129 e. The van der Waals surface area contributed by atoms with Gasteiger partial charge in [-0.25, -0.2) is 4.39 Å². The Hall–Kier alpha value is -1.86. The number of hydrogen-bond donors (Lipinski definition) is 1. The SMILES string of the molecule is Cc1c(F)cc(C#N)cc1NCc1ccccc1Br. The predicted molar refractivity (Wildman–Crippen MR) is 77.3 cm³/mol. The number of rotatable bonds is 3. The van der Waals surface area contributed by atoms with E-state index in [-0.39, 0.29) is 5.82 Å². The molecule has 0 aliphatic rings. The third kappa shape index (κ3) is 3.12. The maximum absolute atomic E-state index is 13.6. The molecule has 0 bridgehead atoms. The molecule has 1 N–H and O–H groups in total. The van der Waals surface area contributed by atoms with E-state index < -0.39 is 0 Å². The predicted octanol–water partition coefficient (Wildman–Crippen LogP) is 4.38. The molecule has 2 nitrogen and oxygen atoms in total. The minimum Gasteiger partial charge on any atom is -0.381 e. The summed E-state index contributed by atoms with van der Waals surface area (Å²) < 4.78 is 14.6. The summed E-state index contributed by atoms with van der Waals surface area (Å²) in [5.41, 5.74) is 2.56. The van der Waals surface area contributed by atoms with Crippen molar-refractivity contribution < 1.29 is 4.39 Å². The first kappa shape index (κ1) is 13.6. The summed E-state index contributed by atoms with van der Waals surface area (Å²) >= 11 is 3.46. The molecule has 0 atom stereocenters. The van der Waals surface area contributed by atoms with Crippen molar-refractivity contribution in [3.63, 3.8) is 0 Å². The highest BCUT2D eigenvalue weighted by atomic mass is 79.9. The molecule has 0 saturated heterocycles. The molecule has 0 saturated carbocycles. The van der Waals surface area contributed by atoms with Crippen LogP contribution in [0.3, 0.4) is 0 Å². The Labute approximate surface area is 120 Å². The van der Waals surface area contributed by atoms with Gasteiger partial charge >= 0.3 is 0 Å². The topological polar surface area (TPSA) is 35.8 Å². The van der Waals surface area contributed by atoms with Gasteiger partial charge in [-0.3, -0.25) is 0 Å². The lowest BCUT2D eigenvalue weighted by Gasteiger charge is -2.11. The molecule has 0 fully saturated rings. The average molecular weight is 319 g/mol. The van der Waals surface area contributed by atoms with Gasteiger partial charge in [-0.2, -0.15) is 5.26 Å². The van der Waals surface area contributed by atoms with E-state index in [2.05, 4.69) is 21.2 Å². The van der Waals surface area contributed by atoms with Crippen LogP contribution < -0.4 is 5.32 Å². The quantitative estimate of drug-likeness (QED) is 0.911. The molecule has 0 aromatic heterocycles. The van der Waals surface area contributed by atoms with Crippen molar-refractivity contribution in [2.75, 3.05) is 5.32 Å². The van der Waals surface area contributed by atoms with Crippen LogP contribution >= 0.6 is 15.9 Å². The van der Waals surface area contributed by atoms with Crippen LogP contribution in [0, 0.1) is 24.1 Å². The molecule has 0 unspecified atom stereocenters. The maximum Gasteiger partial charge on any atom is 0.129 e. The maximum atomic E-state index is 13.6. The van der Waals surface area contributed by atoms with Crippen LogP contribution in [0.5, 0.6) is 0 Å². The van der Waals surface area contributed by atoms with Crippen molar-refractivity contribution in [3.8, 4) is 6.07 Å². The van der Waals surface area contributed by atoms with Gasteiger partial charge in [0.1, 0.15) is 5.82 Å². The molecule has 2 aromatic rings. The van der Waals surface area contributed by atoms with Gasteiger partial charge in [0.2, 0.25) is 0 Å². The average Bonchev–Trinajstić information content (AvgIpc) is 2.42. The van der Waals surface area contributed by atoms with Crippen LogP contribution in [0.25, 0.3) is 0 Å². The number of hydrogen-bond acceptors (Lipinski definition) is 2. The standard InChI is InChI=1S/C15H12BrFN2/c1-10-14(17)6-11(8-18)7-15(10)19-9-12-4-2-3-5-13(12)16/h2-7,19H,9H2,1H3. The van der Waals surface area contributed by atoms with Gasteiger partial charge in [0.25, 0.3) is 0 Å². The second-order valence-electron chi connectivity index (χ2n) is 4.19. The zero-order valence-corrected chi connectivity index (χ0v) is 12.0. The highest BCUT2D eigenvalue weighted by Crippen LogP contribution is 2.22. The minimum absolute atomic E-state index is 0.317. The van der Waals surface area contributed by atoms with Crippen molar-refractivity contribution in [2.45, 2.75) is 13.5 Å². The highest BCUT2D eigenvalue weighted by molar-refractivity contribution is 9.10. The largest absolute Gasteiger partial charge is 0.381 e. The third-order valence-corrected chi connectivity index (χ3v) is 3.67. The first-order valence-corrected chi connectivity index (χ1v) is 6.58. The fourth-order valence-corrected chi connectivity index (χ4v) is 2.18. The fraction of sp³-hybridized carbons (Fsp3) is 0.133. The van der Waals surface area contributed by atoms with Crippen molar-refractivity contribution in [1.82, 2.24) is 0 Å². The summed E-state index contributed by atoms with van der Waals surface area (Å²) in [4.78, 5) is 0. The molecule has 0 aliphatic carbocycles. The molecule has 2 rings (SSSR count). The molecule has 0 amide bonds. The van der Waals surface area contributed by atoms with E-state index in [1.54, 1.807) is 13.0 Å². The second-order valence-corrected chi connectivity index (χ2v) is 5.04. The molecular weight excluding hydrogens is 307 g/mol. The van der Waals surface area contributed by atoms with Crippen LogP contribution in [-0.2, 0) is 6.54 Å². The van der Waals surface area contributed by atoms with E-state index in [1.165, 1.54) is 6.07 Å². The zero-order chi connectivity index (χ0) is 13.8. The van der Waals surface area contributed by atoms with E-state index in [0.29, 0.717) is 23.4 Å². The number of nitrogens with one attached hydrogen (secondary N) is 1. The Morgan fingerprint density at radius 1 is 1.32 bits per heavy atom. The summed E-state index contributed by atoms with van der Waals surface area (Å²) in [5.74, 6) is -0.367. The zero-order valence-electron chi connectivity index (χ0n) is 10.4. The number of halogens is 2. The summed E-state index contributed by atoms with van der Waals surface area (Å²) in [6.07, 6.45) is 0. The van der Waals surface area contributed by atoms with E-state index in [4.69, 9.17) is 5.26 Å². The third-order valence-electron chi connectivity index (χ3n) is 2.90. The molecule has 19 heavy (non-hydrogen) atoms. The first-order valence-electron chi connectivity index (χ1n) is 5.79. The van der Waals surface area contributed by atoms with Crippen LogP contribution in [0.2, 0.25) is 0 Å². The van der Waals surface area contributed by atoms with E-state index in [1.807, 2.05) is 30.3 Å². The van der Waals surface area contributed by atoms with Gasteiger partial charge in [-0.05, 0) is 30.7 Å². The van der Waals surface area contributed by atoms with Crippen molar-refractivity contribution in [2.24, 2.45) is 0 Å². The van der Waals surface area contributed by atoms with E-state index in [9.17, 15) is 4.39 Å². The Balaban J connectivity index is 2.23. The summed E-state index contributed by atoms with van der Waals surface area (Å²) in [6.45, 7) is 2.26. The Kier molecular flexibility index (Phi) is 4.18. The summed E-state index contributed by atoms with van der Waals surface area (Å²) in [5, 5.41) is 12.0. The van der Waals surface area contributed by atoms with Crippen molar-refractivity contribution in [1.29, 1.82) is 5.26 Å². The molecule has 4 heteroatoms. The van der Waals surface area contributed by atoms with Crippen LogP contribution in [0.15, 0.2) is 40.9 Å². The lowest BCUT2D eigenvalue weighted by Crippen LogP contribution is -2.03. The minimum atomic E-state index is -0.367. The van der Waals surface area contributed by atoms with Crippen molar-refractivity contribution >= 4 is 21.6 Å². The highest BCUT2D eigenvalue weighted by Gasteiger charge is 2.07. The second kappa shape index (κ2) is 5.85. The normalized spacial score (nSPS) is 10.0. The monoisotopic (exact) mass is 318 g/mol. The first-order chi connectivity index (χ1) is 9.11. The van der Waals surface area contributed by atoms with Gasteiger partial charge in [-0.15, -0.1) is 0 Å². The number of nitriles is 1. The van der Waals surface area contributed by atoms with Crippen molar-refractivity contribution in [3.05, 3.63) is 63.4 Å². The summed E-state index contributed by atoms with van der Waals surface area (Å²) in [6, 6.07) is 12.7. The number of anilines is 1. The summed E-state index contributed by atoms with van der Waals surface area (Å²) in [7, 11) is 0. The molecular formula is C15H12BrFN2. The van der Waals surface area contributed by atoms with Gasteiger partial charge in [0.05, 0.1) is 11.6 Å². The van der Waals surface area contributed by atoms with Crippen LogP contribution in [0.1, 0.15) is 16.7 Å². The molecule has 96 valence electrons. The van der Waals surface area contributed by atoms with Crippen LogP contribution in [0.4, 0.5) is 10.1 Å². The van der Waals surface area contributed by atoms with Gasteiger partial charge in [0.15, 0.2) is 0 Å². The molecule has 0 aliphatic heterocycles. The lowest BCUT2D eigenvalue weighted by atomic mass is 10.1. The van der Waals surface area contributed by atoms with Gasteiger partial charge in [0, 0.05) is 22.3 Å². The van der Waals surface area contributed by atoms with Gasteiger partial charge < -0.3 is 5.32 Å². The Bertz CT molecular complexity index is 647. The Morgan fingerprint density at radius 3 is 2.74 bits per heavy atom. The Morgan fingerprint density at radius 2 is 2.05 bits per heavy atom. The van der Waals surface area contributed by atoms with Gasteiger partial charge in [-0.1, -0.05) is 34.1 Å². The molecule has 0 heterocycles. The number of nitrogens with zero attached hydrogens (tertiary/aromatic N) is 1. The molecule has 2 aromatic carbocycles. The van der Waals surface area contributed by atoms with E-state index in [0.717, 1.165) is 10.0 Å². The van der Waals surface area contributed by atoms with Crippen LogP contribution in [-0.4, -0.2) is 0 Å². The van der Waals surface area contributed by atoms with E-state index >= 15 is 0 Å². The molecule has 0 radical (unpaired) electrons. The number of benzene rings is 2.